The summed E-state index contributed by atoms with van der Waals surface area (Å²) in [7, 11) is 0. The predicted molar refractivity (Wildman–Crippen MR) is 103 cm³/mol. The molecule has 2 aromatic carbocycles. The van der Waals surface area contributed by atoms with Gasteiger partial charge in [-0.3, -0.25) is 4.90 Å². The third kappa shape index (κ3) is 3.46. The zero-order chi connectivity index (χ0) is 17.9. The van der Waals surface area contributed by atoms with E-state index in [1.165, 1.54) is 16.7 Å². The molecule has 2 heterocycles. The average Bonchev–Trinajstić information content (AvgIpc) is 3.18. The van der Waals surface area contributed by atoms with Gasteiger partial charge in [-0.15, -0.1) is 10.2 Å². The minimum atomic E-state index is 0.106. The molecule has 0 N–H and O–H groups in total. The van der Waals surface area contributed by atoms with E-state index in [1.807, 2.05) is 12.1 Å². The molecule has 26 heavy (non-hydrogen) atoms. The Balaban J connectivity index is 1.47. The van der Waals surface area contributed by atoms with E-state index in [9.17, 15) is 0 Å². The molecule has 0 amide bonds. The Morgan fingerprint density at radius 2 is 1.81 bits per heavy atom. The topological polar surface area (TPSA) is 42.2 Å². The van der Waals surface area contributed by atoms with Gasteiger partial charge in [0, 0.05) is 18.7 Å². The first-order chi connectivity index (χ1) is 12.7. The molecule has 1 aliphatic heterocycles. The number of aromatic nitrogens is 2. The van der Waals surface area contributed by atoms with E-state index in [2.05, 4.69) is 77.5 Å². The summed E-state index contributed by atoms with van der Waals surface area (Å²) in [4.78, 5) is 2.37. The molecule has 1 aromatic heterocycles. The Kier molecular flexibility index (Phi) is 4.67. The van der Waals surface area contributed by atoms with Gasteiger partial charge in [0.15, 0.2) is 0 Å². The normalized spacial score (nSPS) is 16.3. The Morgan fingerprint density at radius 3 is 2.54 bits per heavy atom. The summed E-state index contributed by atoms with van der Waals surface area (Å²) in [5, 5.41) is 8.54. The molecule has 1 aliphatic rings. The van der Waals surface area contributed by atoms with Crippen LogP contribution in [0.3, 0.4) is 0 Å². The van der Waals surface area contributed by atoms with Crippen molar-refractivity contribution >= 4 is 5.57 Å². The van der Waals surface area contributed by atoms with Crippen molar-refractivity contribution in [3.8, 4) is 11.5 Å². The first-order valence-electron chi connectivity index (χ1n) is 9.09. The van der Waals surface area contributed by atoms with E-state index in [0.29, 0.717) is 11.8 Å². The van der Waals surface area contributed by atoms with Crippen LogP contribution in [0.15, 0.2) is 65.1 Å². The standard InChI is InChI=1S/C22H23N3O/c1-16-7-6-10-20(15-16)22-24-23-21(26-22)17(2)25-13-11-19(12-14-25)18-8-4-3-5-9-18/h3-11,15,17H,12-14H2,1-2H3/t17-/m0/s1. The summed E-state index contributed by atoms with van der Waals surface area (Å²) in [6, 6.07) is 18.9. The molecule has 0 unspecified atom stereocenters. The zero-order valence-corrected chi connectivity index (χ0v) is 15.2. The predicted octanol–water partition coefficient (Wildman–Crippen LogP) is 4.90. The summed E-state index contributed by atoms with van der Waals surface area (Å²) in [5.41, 5.74) is 4.89. The second-order valence-corrected chi connectivity index (χ2v) is 6.83. The molecule has 132 valence electrons. The first-order valence-corrected chi connectivity index (χ1v) is 9.09. The highest BCUT2D eigenvalue weighted by Crippen LogP contribution is 2.29. The molecule has 0 bridgehead atoms. The van der Waals surface area contributed by atoms with E-state index in [4.69, 9.17) is 4.42 Å². The second-order valence-electron chi connectivity index (χ2n) is 6.83. The molecular weight excluding hydrogens is 322 g/mol. The molecule has 0 spiro atoms. The van der Waals surface area contributed by atoms with Crippen LogP contribution in [0.25, 0.3) is 17.0 Å². The van der Waals surface area contributed by atoms with Crippen LogP contribution in [0.4, 0.5) is 0 Å². The van der Waals surface area contributed by atoms with Gasteiger partial charge in [0.2, 0.25) is 11.8 Å². The number of rotatable bonds is 4. The number of hydrogen-bond acceptors (Lipinski definition) is 4. The Bertz CT molecular complexity index is 914. The number of benzene rings is 2. The Morgan fingerprint density at radius 1 is 1.00 bits per heavy atom. The summed E-state index contributed by atoms with van der Waals surface area (Å²) >= 11 is 0. The maximum atomic E-state index is 5.97. The maximum Gasteiger partial charge on any atom is 0.247 e. The van der Waals surface area contributed by atoms with Crippen LogP contribution in [0.2, 0.25) is 0 Å². The van der Waals surface area contributed by atoms with Crippen molar-refractivity contribution in [3.63, 3.8) is 0 Å². The van der Waals surface area contributed by atoms with Crippen molar-refractivity contribution < 1.29 is 4.42 Å². The van der Waals surface area contributed by atoms with Gasteiger partial charge in [0.25, 0.3) is 0 Å². The minimum absolute atomic E-state index is 0.106. The van der Waals surface area contributed by atoms with Crippen molar-refractivity contribution in [2.24, 2.45) is 0 Å². The molecule has 0 radical (unpaired) electrons. The van der Waals surface area contributed by atoms with Gasteiger partial charge in [-0.2, -0.15) is 0 Å². The minimum Gasteiger partial charge on any atom is -0.419 e. The van der Waals surface area contributed by atoms with Crippen LogP contribution < -0.4 is 0 Å². The van der Waals surface area contributed by atoms with Crippen LogP contribution in [0.1, 0.15) is 36.4 Å². The van der Waals surface area contributed by atoms with Gasteiger partial charge in [-0.1, -0.05) is 54.1 Å². The average molecular weight is 345 g/mol. The van der Waals surface area contributed by atoms with Crippen molar-refractivity contribution in [2.45, 2.75) is 26.3 Å². The summed E-state index contributed by atoms with van der Waals surface area (Å²) < 4.78 is 5.97. The van der Waals surface area contributed by atoms with Crippen LogP contribution in [0, 0.1) is 6.92 Å². The molecule has 4 heteroatoms. The van der Waals surface area contributed by atoms with Crippen LogP contribution in [0.5, 0.6) is 0 Å². The molecule has 0 fully saturated rings. The summed E-state index contributed by atoms with van der Waals surface area (Å²) in [5.74, 6) is 1.27. The van der Waals surface area contributed by atoms with E-state index in [1.54, 1.807) is 0 Å². The fourth-order valence-corrected chi connectivity index (χ4v) is 3.41. The van der Waals surface area contributed by atoms with Crippen molar-refractivity contribution in [2.75, 3.05) is 13.1 Å². The lowest BCUT2D eigenvalue weighted by Gasteiger charge is -2.30. The second kappa shape index (κ2) is 7.26. The molecule has 4 rings (SSSR count). The van der Waals surface area contributed by atoms with E-state index in [0.717, 1.165) is 25.1 Å². The smallest absolute Gasteiger partial charge is 0.247 e. The lowest BCUT2D eigenvalue weighted by atomic mass is 9.99. The first kappa shape index (κ1) is 16.7. The number of hydrogen-bond donors (Lipinski definition) is 0. The molecule has 3 aromatic rings. The molecule has 0 saturated carbocycles. The van der Waals surface area contributed by atoms with Gasteiger partial charge in [-0.05, 0) is 43.5 Å². The third-order valence-electron chi connectivity index (χ3n) is 5.00. The van der Waals surface area contributed by atoms with Gasteiger partial charge in [-0.25, -0.2) is 0 Å². The molecular formula is C22H23N3O. The van der Waals surface area contributed by atoms with E-state index in [-0.39, 0.29) is 6.04 Å². The quantitative estimate of drug-likeness (QED) is 0.675. The van der Waals surface area contributed by atoms with Gasteiger partial charge in [0.1, 0.15) is 0 Å². The van der Waals surface area contributed by atoms with Crippen LogP contribution >= 0.6 is 0 Å². The Hall–Kier alpha value is -2.72. The van der Waals surface area contributed by atoms with E-state index < -0.39 is 0 Å². The molecule has 0 saturated heterocycles. The van der Waals surface area contributed by atoms with Crippen molar-refractivity contribution in [1.82, 2.24) is 15.1 Å². The highest BCUT2D eigenvalue weighted by atomic mass is 16.4. The molecule has 0 aliphatic carbocycles. The number of aryl methyl sites for hydroxylation is 1. The van der Waals surface area contributed by atoms with Gasteiger partial charge >= 0.3 is 0 Å². The van der Waals surface area contributed by atoms with Crippen molar-refractivity contribution in [3.05, 3.63) is 77.7 Å². The molecule has 4 nitrogen and oxygen atoms in total. The monoisotopic (exact) mass is 345 g/mol. The molecule has 1 atom stereocenters. The summed E-state index contributed by atoms with van der Waals surface area (Å²) in [6.07, 6.45) is 3.35. The zero-order valence-electron chi connectivity index (χ0n) is 15.2. The third-order valence-corrected chi connectivity index (χ3v) is 5.00. The van der Waals surface area contributed by atoms with Crippen LogP contribution in [-0.2, 0) is 0 Å². The Labute approximate surface area is 154 Å². The maximum absolute atomic E-state index is 5.97. The van der Waals surface area contributed by atoms with Gasteiger partial charge in [0.05, 0.1) is 6.04 Å². The highest BCUT2D eigenvalue weighted by Gasteiger charge is 2.23. The lowest BCUT2D eigenvalue weighted by molar-refractivity contribution is 0.202. The highest BCUT2D eigenvalue weighted by molar-refractivity contribution is 5.66. The number of nitrogens with zero attached hydrogens (tertiary/aromatic N) is 3. The van der Waals surface area contributed by atoms with Crippen LogP contribution in [-0.4, -0.2) is 28.2 Å². The van der Waals surface area contributed by atoms with Gasteiger partial charge < -0.3 is 4.42 Å². The largest absolute Gasteiger partial charge is 0.419 e. The SMILES string of the molecule is Cc1cccc(-c2nnc([C@H](C)N3CC=C(c4ccccc4)CC3)o2)c1. The van der Waals surface area contributed by atoms with Crippen molar-refractivity contribution in [1.29, 1.82) is 0 Å². The summed E-state index contributed by atoms with van der Waals surface area (Å²) in [6.45, 7) is 6.08. The fourth-order valence-electron chi connectivity index (χ4n) is 3.41. The fraction of sp³-hybridized carbons (Fsp3) is 0.273. The van der Waals surface area contributed by atoms with E-state index >= 15 is 0 Å². The lowest BCUT2D eigenvalue weighted by Crippen LogP contribution is -2.31.